The molecule has 1 atom stereocenters. The molecular formula is C15H32O5. The number of aliphatic carboxylic acids is 1. The zero-order chi connectivity index (χ0) is 16.2. The first-order valence-corrected chi connectivity index (χ1v) is 7.53. The van der Waals surface area contributed by atoms with Crippen molar-refractivity contribution >= 4 is 5.97 Å². The van der Waals surface area contributed by atoms with E-state index in [-0.39, 0.29) is 13.2 Å². The molecule has 1 unspecified atom stereocenters. The normalized spacial score (nSPS) is 12.8. The standard InChI is InChI=1S/C12H24O2.C3H8O3/c1-5-9-10(6-2)12(7-3,8-4)11(13)14;4-1-3(6)2-5/h10H,5-9H2,1-4H3,(H,13,14);3-6H,1-2H2. The Labute approximate surface area is 122 Å². The summed E-state index contributed by atoms with van der Waals surface area (Å²) in [6.45, 7) is 7.49. The van der Waals surface area contributed by atoms with Gasteiger partial charge in [-0.2, -0.15) is 0 Å². The molecule has 0 aromatic carbocycles. The Kier molecular flexibility index (Phi) is 13.1. The molecule has 0 saturated carbocycles. The van der Waals surface area contributed by atoms with E-state index in [1.54, 1.807) is 0 Å². The van der Waals surface area contributed by atoms with Gasteiger partial charge in [-0.3, -0.25) is 4.79 Å². The van der Waals surface area contributed by atoms with Gasteiger partial charge in [-0.1, -0.05) is 40.5 Å². The Morgan fingerprint density at radius 3 is 1.65 bits per heavy atom. The van der Waals surface area contributed by atoms with E-state index in [2.05, 4.69) is 13.8 Å². The second kappa shape index (κ2) is 12.1. The first kappa shape index (κ1) is 21.6. The first-order valence-electron chi connectivity index (χ1n) is 7.53. The smallest absolute Gasteiger partial charge is 0.309 e. The summed E-state index contributed by atoms with van der Waals surface area (Å²) in [5.74, 6) is -0.275. The molecule has 0 fully saturated rings. The van der Waals surface area contributed by atoms with Gasteiger partial charge >= 0.3 is 5.97 Å². The van der Waals surface area contributed by atoms with Gasteiger partial charge in [-0.05, 0) is 25.2 Å². The molecule has 0 aliphatic rings. The molecule has 5 heteroatoms. The van der Waals surface area contributed by atoms with Crippen LogP contribution < -0.4 is 0 Å². The van der Waals surface area contributed by atoms with E-state index in [0.717, 1.165) is 32.1 Å². The highest BCUT2D eigenvalue weighted by Crippen LogP contribution is 2.40. The highest BCUT2D eigenvalue weighted by molar-refractivity contribution is 5.74. The van der Waals surface area contributed by atoms with Gasteiger partial charge in [0.1, 0.15) is 6.10 Å². The highest BCUT2D eigenvalue weighted by atomic mass is 16.4. The minimum absolute atomic E-state index is 0.333. The maximum Gasteiger partial charge on any atom is 0.309 e. The van der Waals surface area contributed by atoms with Gasteiger partial charge in [0.25, 0.3) is 0 Å². The van der Waals surface area contributed by atoms with E-state index >= 15 is 0 Å². The minimum Gasteiger partial charge on any atom is -0.481 e. The maximum atomic E-state index is 11.4. The molecule has 0 aliphatic heterocycles. The Morgan fingerprint density at radius 2 is 1.50 bits per heavy atom. The number of rotatable bonds is 9. The quantitative estimate of drug-likeness (QED) is 0.521. The summed E-state index contributed by atoms with van der Waals surface area (Å²) < 4.78 is 0. The number of aliphatic hydroxyl groups excluding tert-OH is 3. The van der Waals surface area contributed by atoms with Crippen molar-refractivity contribution < 1.29 is 25.2 Å². The molecule has 0 heterocycles. The molecule has 122 valence electrons. The van der Waals surface area contributed by atoms with Crippen LogP contribution in [0.5, 0.6) is 0 Å². The lowest BCUT2D eigenvalue weighted by molar-refractivity contribution is -0.153. The summed E-state index contributed by atoms with van der Waals surface area (Å²) in [7, 11) is 0. The summed E-state index contributed by atoms with van der Waals surface area (Å²) in [6.07, 6.45) is 3.62. The minimum atomic E-state index is -0.954. The molecule has 0 spiro atoms. The fourth-order valence-electron chi connectivity index (χ4n) is 2.58. The fraction of sp³-hybridized carbons (Fsp3) is 0.933. The summed E-state index contributed by atoms with van der Waals surface area (Å²) in [5.41, 5.74) is -0.481. The van der Waals surface area contributed by atoms with Crippen molar-refractivity contribution in [3.63, 3.8) is 0 Å². The SMILES string of the molecule is CCCC(CC)C(CC)(CC)C(=O)O.OCC(O)CO. The van der Waals surface area contributed by atoms with Crippen LogP contribution in [0.15, 0.2) is 0 Å². The van der Waals surface area contributed by atoms with Crippen molar-refractivity contribution in [1.29, 1.82) is 0 Å². The zero-order valence-corrected chi connectivity index (χ0v) is 13.3. The van der Waals surface area contributed by atoms with Gasteiger partial charge in [0.15, 0.2) is 0 Å². The zero-order valence-electron chi connectivity index (χ0n) is 13.3. The van der Waals surface area contributed by atoms with Crippen molar-refractivity contribution in [3.8, 4) is 0 Å². The van der Waals surface area contributed by atoms with Crippen molar-refractivity contribution in [2.75, 3.05) is 13.2 Å². The molecule has 0 rings (SSSR count). The molecule has 5 nitrogen and oxygen atoms in total. The van der Waals surface area contributed by atoms with Crippen LogP contribution in [0.3, 0.4) is 0 Å². The molecule has 0 radical (unpaired) electrons. The van der Waals surface area contributed by atoms with Crippen molar-refractivity contribution in [3.05, 3.63) is 0 Å². The Bertz CT molecular complexity index is 234. The Balaban J connectivity index is 0. The molecule has 0 aliphatic carbocycles. The molecule has 20 heavy (non-hydrogen) atoms. The second-order valence-corrected chi connectivity index (χ2v) is 5.08. The summed E-state index contributed by atoms with van der Waals surface area (Å²) in [4.78, 5) is 11.4. The molecule has 0 aromatic heterocycles. The largest absolute Gasteiger partial charge is 0.481 e. The van der Waals surface area contributed by atoms with Gasteiger partial charge in [0, 0.05) is 0 Å². The van der Waals surface area contributed by atoms with Crippen molar-refractivity contribution in [2.45, 2.75) is 65.9 Å². The highest BCUT2D eigenvalue weighted by Gasteiger charge is 2.41. The van der Waals surface area contributed by atoms with Crippen LogP contribution >= 0.6 is 0 Å². The number of carboxylic acid groups (broad SMARTS) is 1. The van der Waals surface area contributed by atoms with Gasteiger partial charge in [-0.25, -0.2) is 0 Å². The summed E-state index contributed by atoms with van der Waals surface area (Å²) >= 11 is 0. The van der Waals surface area contributed by atoms with Crippen LogP contribution in [0.1, 0.15) is 59.8 Å². The summed E-state index contributed by atoms with van der Waals surface area (Å²) in [6, 6.07) is 0. The van der Waals surface area contributed by atoms with Gasteiger partial charge in [0.2, 0.25) is 0 Å². The fourth-order valence-corrected chi connectivity index (χ4v) is 2.58. The number of carbonyl (C=O) groups is 1. The van der Waals surface area contributed by atoms with Gasteiger partial charge < -0.3 is 20.4 Å². The van der Waals surface area contributed by atoms with Crippen LogP contribution in [0, 0.1) is 11.3 Å². The van der Waals surface area contributed by atoms with Crippen LogP contribution in [-0.2, 0) is 4.79 Å². The van der Waals surface area contributed by atoms with Gasteiger partial charge in [0.05, 0.1) is 18.6 Å². The monoisotopic (exact) mass is 292 g/mol. The van der Waals surface area contributed by atoms with Crippen molar-refractivity contribution in [1.82, 2.24) is 0 Å². The van der Waals surface area contributed by atoms with E-state index in [4.69, 9.17) is 15.3 Å². The molecule has 0 amide bonds. The number of aliphatic hydroxyl groups is 3. The molecule has 4 N–H and O–H groups in total. The van der Waals surface area contributed by atoms with Crippen molar-refractivity contribution in [2.24, 2.45) is 11.3 Å². The number of carboxylic acids is 1. The average molecular weight is 292 g/mol. The lowest BCUT2D eigenvalue weighted by Gasteiger charge is -2.35. The molecule has 0 aromatic rings. The van der Waals surface area contributed by atoms with Crippen LogP contribution in [-0.4, -0.2) is 45.7 Å². The lowest BCUT2D eigenvalue weighted by Crippen LogP contribution is -2.37. The third kappa shape index (κ3) is 6.68. The second-order valence-electron chi connectivity index (χ2n) is 5.08. The van der Waals surface area contributed by atoms with Crippen LogP contribution in [0.2, 0.25) is 0 Å². The molecule has 0 bridgehead atoms. The Hall–Kier alpha value is -0.650. The van der Waals surface area contributed by atoms with E-state index < -0.39 is 17.5 Å². The average Bonchev–Trinajstić information content (AvgIpc) is 2.47. The number of hydrogen-bond donors (Lipinski definition) is 4. The van der Waals surface area contributed by atoms with E-state index in [9.17, 15) is 9.90 Å². The van der Waals surface area contributed by atoms with E-state index in [0.29, 0.717) is 5.92 Å². The van der Waals surface area contributed by atoms with Crippen LogP contribution in [0.25, 0.3) is 0 Å². The predicted molar refractivity (Wildman–Crippen MR) is 79.5 cm³/mol. The predicted octanol–water partition coefficient (Wildman–Crippen LogP) is 2.04. The Morgan fingerprint density at radius 1 is 1.05 bits per heavy atom. The van der Waals surface area contributed by atoms with Crippen LogP contribution in [0.4, 0.5) is 0 Å². The van der Waals surface area contributed by atoms with E-state index in [1.807, 2.05) is 13.8 Å². The van der Waals surface area contributed by atoms with Gasteiger partial charge in [-0.15, -0.1) is 0 Å². The summed E-state index contributed by atoms with van der Waals surface area (Å²) in [5, 5.41) is 33.4. The maximum absolute atomic E-state index is 11.4. The third-order valence-corrected chi connectivity index (χ3v) is 4.02. The first-order chi connectivity index (χ1) is 9.39. The molecular weight excluding hydrogens is 260 g/mol. The lowest BCUT2D eigenvalue weighted by atomic mass is 9.68. The third-order valence-electron chi connectivity index (χ3n) is 4.02. The topological polar surface area (TPSA) is 98.0 Å². The number of hydrogen-bond acceptors (Lipinski definition) is 4. The van der Waals surface area contributed by atoms with E-state index in [1.165, 1.54) is 0 Å². The molecule has 0 saturated heterocycles.